The van der Waals surface area contributed by atoms with Crippen LogP contribution in [0.4, 0.5) is 5.69 Å². The Labute approximate surface area is 216 Å². The number of rotatable bonds is 13. The first-order valence-electron chi connectivity index (χ1n) is 12.7. The molecule has 1 N–H and O–H groups in total. The van der Waals surface area contributed by atoms with E-state index in [9.17, 15) is 18.0 Å². The van der Waals surface area contributed by atoms with Crippen molar-refractivity contribution < 1.29 is 18.0 Å². The number of nitrogens with one attached hydrogen (secondary N) is 1. The lowest BCUT2D eigenvalue weighted by atomic mass is 10.1. The molecule has 0 saturated heterocycles. The number of carbonyl (C=O) groups is 2. The van der Waals surface area contributed by atoms with E-state index in [0.717, 1.165) is 28.7 Å². The van der Waals surface area contributed by atoms with E-state index in [1.54, 1.807) is 4.90 Å². The minimum absolute atomic E-state index is 0.139. The Morgan fingerprint density at radius 2 is 1.69 bits per heavy atom. The van der Waals surface area contributed by atoms with Crippen molar-refractivity contribution in [3.63, 3.8) is 0 Å². The number of hydrogen-bond acceptors (Lipinski definition) is 4. The van der Waals surface area contributed by atoms with Gasteiger partial charge in [-0.05, 0) is 62.8 Å². The summed E-state index contributed by atoms with van der Waals surface area (Å²) in [4.78, 5) is 28.0. The van der Waals surface area contributed by atoms with Gasteiger partial charge < -0.3 is 10.2 Å². The summed E-state index contributed by atoms with van der Waals surface area (Å²) in [6.07, 6.45) is 2.97. The molecule has 2 aromatic rings. The monoisotopic (exact) mass is 515 g/mol. The van der Waals surface area contributed by atoms with Crippen molar-refractivity contribution in [1.82, 2.24) is 10.2 Å². The minimum atomic E-state index is -3.53. The van der Waals surface area contributed by atoms with Gasteiger partial charge in [0.15, 0.2) is 0 Å². The molecule has 2 aromatic carbocycles. The zero-order chi connectivity index (χ0) is 26.9. The molecule has 0 aromatic heterocycles. The van der Waals surface area contributed by atoms with Crippen LogP contribution in [0.25, 0.3) is 0 Å². The van der Waals surface area contributed by atoms with E-state index in [1.807, 2.05) is 77.1 Å². The molecule has 0 spiro atoms. The summed E-state index contributed by atoms with van der Waals surface area (Å²) in [6, 6.07) is 13.0. The third kappa shape index (κ3) is 8.36. The van der Waals surface area contributed by atoms with Gasteiger partial charge in [0.1, 0.15) is 6.04 Å². The topological polar surface area (TPSA) is 86.8 Å². The third-order valence-corrected chi connectivity index (χ3v) is 7.34. The van der Waals surface area contributed by atoms with E-state index in [-0.39, 0.29) is 24.8 Å². The smallest absolute Gasteiger partial charge is 0.242 e. The van der Waals surface area contributed by atoms with E-state index in [1.165, 1.54) is 10.6 Å². The molecule has 36 heavy (non-hydrogen) atoms. The molecule has 2 amide bonds. The van der Waals surface area contributed by atoms with Gasteiger partial charge in [-0.2, -0.15) is 0 Å². The Bertz CT molecular complexity index is 1150. The maximum atomic E-state index is 13.5. The molecule has 1 atom stereocenters. The van der Waals surface area contributed by atoms with Crippen LogP contribution in [0.2, 0.25) is 0 Å². The fourth-order valence-electron chi connectivity index (χ4n) is 4.26. The second-order valence-electron chi connectivity index (χ2n) is 9.45. The summed E-state index contributed by atoms with van der Waals surface area (Å²) in [5, 5.41) is 2.92. The Balaban J connectivity index is 2.24. The van der Waals surface area contributed by atoms with Crippen molar-refractivity contribution in [1.29, 1.82) is 0 Å². The molecule has 0 radical (unpaired) electrons. The highest BCUT2D eigenvalue weighted by Gasteiger charge is 2.29. The van der Waals surface area contributed by atoms with Crippen LogP contribution in [-0.2, 0) is 26.2 Å². The quantitative estimate of drug-likeness (QED) is 0.426. The van der Waals surface area contributed by atoms with Crippen molar-refractivity contribution in [3.8, 4) is 0 Å². The second kappa shape index (κ2) is 13.4. The van der Waals surface area contributed by atoms with Crippen molar-refractivity contribution in [2.75, 3.05) is 23.7 Å². The summed E-state index contributed by atoms with van der Waals surface area (Å²) >= 11 is 0. The normalized spacial score (nSPS) is 12.2. The first-order valence-corrected chi connectivity index (χ1v) is 14.5. The van der Waals surface area contributed by atoms with Crippen LogP contribution in [0.1, 0.15) is 61.8 Å². The molecule has 0 bridgehead atoms. The number of anilines is 1. The highest BCUT2D eigenvalue weighted by atomic mass is 32.2. The van der Waals surface area contributed by atoms with E-state index >= 15 is 0 Å². The Morgan fingerprint density at radius 1 is 1.00 bits per heavy atom. The second-order valence-corrected chi connectivity index (χ2v) is 11.4. The number of benzene rings is 2. The molecule has 0 heterocycles. The lowest BCUT2D eigenvalue weighted by Gasteiger charge is -2.31. The predicted octanol–water partition coefficient (Wildman–Crippen LogP) is 4.49. The summed E-state index contributed by atoms with van der Waals surface area (Å²) in [7, 11) is -3.53. The van der Waals surface area contributed by atoms with Gasteiger partial charge in [-0.25, -0.2) is 8.42 Å². The molecular formula is C28H41N3O4S. The van der Waals surface area contributed by atoms with Crippen molar-refractivity contribution in [2.45, 2.75) is 72.9 Å². The van der Waals surface area contributed by atoms with Gasteiger partial charge in [0, 0.05) is 26.1 Å². The van der Waals surface area contributed by atoms with Crippen molar-refractivity contribution in [2.24, 2.45) is 0 Å². The van der Waals surface area contributed by atoms with E-state index in [0.29, 0.717) is 31.6 Å². The zero-order valence-corrected chi connectivity index (χ0v) is 23.3. The third-order valence-electron chi connectivity index (χ3n) is 6.16. The molecule has 8 heteroatoms. The molecule has 0 saturated carbocycles. The average molecular weight is 516 g/mol. The number of amides is 2. The molecular weight excluding hydrogens is 474 g/mol. The first-order chi connectivity index (χ1) is 17.0. The van der Waals surface area contributed by atoms with Crippen LogP contribution in [0, 0.1) is 20.8 Å². The highest BCUT2D eigenvalue weighted by molar-refractivity contribution is 7.92. The summed E-state index contributed by atoms with van der Waals surface area (Å²) in [5.74, 6) is -0.321. The Morgan fingerprint density at radius 3 is 2.31 bits per heavy atom. The fraction of sp³-hybridized carbons (Fsp3) is 0.500. The molecule has 0 unspecified atom stereocenters. The highest BCUT2D eigenvalue weighted by Crippen LogP contribution is 2.25. The number of nitrogens with zero attached hydrogens (tertiary/aromatic N) is 2. The van der Waals surface area contributed by atoms with E-state index < -0.39 is 16.1 Å². The van der Waals surface area contributed by atoms with Gasteiger partial charge in [-0.1, -0.05) is 55.8 Å². The van der Waals surface area contributed by atoms with Gasteiger partial charge in [-0.15, -0.1) is 0 Å². The van der Waals surface area contributed by atoms with Gasteiger partial charge >= 0.3 is 0 Å². The maximum absolute atomic E-state index is 13.5. The average Bonchev–Trinajstić information content (AvgIpc) is 2.81. The molecule has 198 valence electrons. The molecule has 0 aliphatic carbocycles. The molecule has 0 fully saturated rings. The van der Waals surface area contributed by atoms with Crippen LogP contribution in [0.5, 0.6) is 0 Å². The SMILES string of the molecule is CCCNC(=O)[C@H](CC)N(Cc1cccc(C)c1)C(=O)CCCN(c1cc(C)ccc1C)S(C)(=O)=O. The number of sulfonamides is 1. The lowest BCUT2D eigenvalue weighted by Crippen LogP contribution is -2.49. The Kier molecular flexibility index (Phi) is 11.0. The first kappa shape index (κ1) is 29.4. The largest absolute Gasteiger partial charge is 0.354 e. The van der Waals surface area contributed by atoms with Crippen LogP contribution in [0.3, 0.4) is 0 Å². The van der Waals surface area contributed by atoms with Crippen LogP contribution in [-0.4, -0.2) is 50.5 Å². The van der Waals surface area contributed by atoms with Crippen molar-refractivity contribution >= 4 is 27.5 Å². The summed E-state index contributed by atoms with van der Waals surface area (Å²) < 4.78 is 26.6. The predicted molar refractivity (Wildman–Crippen MR) is 146 cm³/mol. The van der Waals surface area contributed by atoms with E-state index in [4.69, 9.17) is 0 Å². The van der Waals surface area contributed by atoms with Crippen LogP contribution >= 0.6 is 0 Å². The molecule has 7 nitrogen and oxygen atoms in total. The van der Waals surface area contributed by atoms with Gasteiger partial charge in [-0.3, -0.25) is 13.9 Å². The van der Waals surface area contributed by atoms with E-state index in [2.05, 4.69) is 5.32 Å². The molecule has 0 aliphatic heterocycles. The number of carbonyl (C=O) groups excluding carboxylic acids is 2. The van der Waals surface area contributed by atoms with Crippen molar-refractivity contribution in [3.05, 3.63) is 64.7 Å². The summed E-state index contributed by atoms with van der Waals surface area (Å²) in [6.45, 7) is 10.7. The molecule has 0 aliphatic rings. The minimum Gasteiger partial charge on any atom is -0.354 e. The van der Waals surface area contributed by atoms with Crippen LogP contribution in [0.15, 0.2) is 42.5 Å². The summed E-state index contributed by atoms with van der Waals surface area (Å²) in [5.41, 5.74) is 4.50. The van der Waals surface area contributed by atoms with Gasteiger partial charge in [0.2, 0.25) is 21.8 Å². The zero-order valence-electron chi connectivity index (χ0n) is 22.5. The van der Waals surface area contributed by atoms with Gasteiger partial charge in [0.25, 0.3) is 0 Å². The number of aryl methyl sites for hydroxylation is 3. The molecule has 2 rings (SSSR count). The lowest BCUT2D eigenvalue weighted by molar-refractivity contribution is -0.141. The fourth-order valence-corrected chi connectivity index (χ4v) is 5.28. The van der Waals surface area contributed by atoms with Gasteiger partial charge in [0.05, 0.1) is 11.9 Å². The maximum Gasteiger partial charge on any atom is 0.242 e. The van der Waals surface area contributed by atoms with Crippen LogP contribution < -0.4 is 9.62 Å². The number of hydrogen-bond donors (Lipinski definition) is 1. The Hall–Kier alpha value is -2.87. The standard InChI is InChI=1S/C28H41N3O4S/c1-7-16-29-28(33)25(8-2)30(20-24-12-9-11-21(3)18-24)27(32)13-10-17-31(36(6,34)35)26-19-22(4)14-15-23(26)5/h9,11-12,14-15,18-19,25H,7-8,10,13,16-17,20H2,1-6H3,(H,29,33)/t25-/m0/s1.